The van der Waals surface area contributed by atoms with Gasteiger partial charge in [-0.05, 0) is 18.2 Å². The highest BCUT2D eigenvalue weighted by Crippen LogP contribution is 2.29. The summed E-state index contributed by atoms with van der Waals surface area (Å²) < 4.78 is 10.6. The molecule has 88 valence electrons. The molecule has 1 aliphatic rings. The molecule has 1 aromatic rings. The zero-order valence-electron chi connectivity index (χ0n) is 9.75. The number of hydrogen-bond donors (Lipinski definition) is 2. The number of hydrogen-bond acceptors (Lipinski definition) is 4. The van der Waals surface area contributed by atoms with E-state index in [9.17, 15) is 0 Å². The molecule has 0 aromatic heterocycles. The van der Waals surface area contributed by atoms with Crippen molar-refractivity contribution in [3.05, 3.63) is 23.8 Å². The fourth-order valence-corrected chi connectivity index (χ4v) is 1.98. The Kier molecular flexibility index (Phi) is 3.64. The quantitative estimate of drug-likeness (QED) is 0.798. The number of methoxy groups -OCH3 is 2. The van der Waals surface area contributed by atoms with Crippen LogP contribution in [0.5, 0.6) is 11.5 Å². The third-order valence-corrected chi connectivity index (χ3v) is 2.85. The molecule has 0 amide bonds. The molecular weight excluding hydrogens is 204 g/mol. The predicted molar refractivity (Wildman–Crippen MR) is 63.2 cm³/mol. The van der Waals surface area contributed by atoms with Crippen molar-refractivity contribution >= 4 is 0 Å². The lowest BCUT2D eigenvalue weighted by atomic mass is 10.0. The van der Waals surface area contributed by atoms with Crippen molar-refractivity contribution in [1.29, 1.82) is 0 Å². The maximum atomic E-state index is 5.37. The molecule has 1 fully saturated rings. The highest BCUT2D eigenvalue weighted by molar-refractivity contribution is 5.42. The lowest BCUT2D eigenvalue weighted by molar-refractivity contribution is 0.375. The lowest BCUT2D eigenvalue weighted by Gasteiger charge is -2.26. The molecule has 0 saturated carbocycles. The van der Waals surface area contributed by atoms with Crippen molar-refractivity contribution in [3.8, 4) is 11.5 Å². The summed E-state index contributed by atoms with van der Waals surface area (Å²) in [5.74, 6) is 1.77. The summed E-state index contributed by atoms with van der Waals surface area (Å²) in [5.41, 5.74) is 1.15. The van der Waals surface area contributed by atoms with Gasteiger partial charge < -0.3 is 20.1 Å². The Hall–Kier alpha value is -1.26. The topological polar surface area (TPSA) is 42.5 Å². The first-order valence-corrected chi connectivity index (χ1v) is 5.51. The van der Waals surface area contributed by atoms with Crippen LogP contribution in [0.2, 0.25) is 0 Å². The lowest BCUT2D eigenvalue weighted by Crippen LogP contribution is -2.42. The SMILES string of the molecule is COc1ccc(OC)c(C2CNCCN2)c1. The van der Waals surface area contributed by atoms with Crippen LogP contribution < -0.4 is 20.1 Å². The molecule has 1 heterocycles. The van der Waals surface area contributed by atoms with Crippen molar-refractivity contribution in [2.45, 2.75) is 6.04 Å². The Morgan fingerprint density at radius 3 is 2.69 bits per heavy atom. The molecule has 4 heteroatoms. The normalized spacial score (nSPS) is 20.5. The van der Waals surface area contributed by atoms with Crippen LogP contribution in [0.25, 0.3) is 0 Å². The van der Waals surface area contributed by atoms with Gasteiger partial charge >= 0.3 is 0 Å². The minimum atomic E-state index is 0.291. The van der Waals surface area contributed by atoms with Gasteiger partial charge in [0, 0.05) is 31.2 Å². The van der Waals surface area contributed by atoms with Crippen LogP contribution in [-0.2, 0) is 0 Å². The van der Waals surface area contributed by atoms with Crippen LogP contribution in [0, 0.1) is 0 Å². The summed E-state index contributed by atoms with van der Waals surface area (Å²) in [7, 11) is 3.37. The Balaban J connectivity index is 2.27. The fraction of sp³-hybridized carbons (Fsp3) is 0.500. The molecule has 4 nitrogen and oxygen atoms in total. The van der Waals surface area contributed by atoms with Gasteiger partial charge in [-0.15, -0.1) is 0 Å². The second-order valence-corrected chi connectivity index (χ2v) is 3.82. The zero-order valence-corrected chi connectivity index (χ0v) is 9.75. The van der Waals surface area contributed by atoms with E-state index in [2.05, 4.69) is 10.6 Å². The molecule has 1 aliphatic heterocycles. The first-order chi connectivity index (χ1) is 7.85. The van der Waals surface area contributed by atoms with Crippen molar-refractivity contribution in [1.82, 2.24) is 10.6 Å². The maximum Gasteiger partial charge on any atom is 0.123 e. The molecular formula is C12H18N2O2. The van der Waals surface area contributed by atoms with Gasteiger partial charge in [0.25, 0.3) is 0 Å². The summed E-state index contributed by atoms with van der Waals surface area (Å²) in [4.78, 5) is 0. The Morgan fingerprint density at radius 1 is 1.19 bits per heavy atom. The van der Waals surface area contributed by atoms with Crippen molar-refractivity contribution in [3.63, 3.8) is 0 Å². The van der Waals surface area contributed by atoms with E-state index >= 15 is 0 Å². The zero-order chi connectivity index (χ0) is 11.4. The Bertz CT molecular complexity index is 349. The molecule has 2 N–H and O–H groups in total. The van der Waals surface area contributed by atoms with Gasteiger partial charge in [0.1, 0.15) is 11.5 Å². The van der Waals surface area contributed by atoms with E-state index in [1.165, 1.54) is 0 Å². The van der Waals surface area contributed by atoms with Crippen LogP contribution in [0.1, 0.15) is 11.6 Å². The largest absolute Gasteiger partial charge is 0.497 e. The van der Waals surface area contributed by atoms with Gasteiger partial charge in [-0.1, -0.05) is 0 Å². The van der Waals surface area contributed by atoms with Gasteiger partial charge in [-0.2, -0.15) is 0 Å². The third kappa shape index (κ3) is 2.28. The van der Waals surface area contributed by atoms with Crippen LogP contribution in [0.3, 0.4) is 0 Å². The fourth-order valence-electron chi connectivity index (χ4n) is 1.98. The van der Waals surface area contributed by atoms with Gasteiger partial charge in [-0.25, -0.2) is 0 Å². The Labute approximate surface area is 95.9 Å². The number of benzene rings is 1. The number of ether oxygens (including phenoxy) is 2. The highest BCUT2D eigenvalue weighted by Gasteiger charge is 2.18. The molecule has 1 saturated heterocycles. The van der Waals surface area contributed by atoms with Crippen molar-refractivity contribution < 1.29 is 9.47 Å². The van der Waals surface area contributed by atoms with E-state index in [1.807, 2.05) is 18.2 Å². The van der Waals surface area contributed by atoms with Gasteiger partial charge in [0.15, 0.2) is 0 Å². The average molecular weight is 222 g/mol. The monoisotopic (exact) mass is 222 g/mol. The summed E-state index contributed by atoms with van der Waals surface area (Å²) >= 11 is 0. The second kappa shape index (κ2) is 5.18. The number of piperazine rings is 1. The standard InChI is InChI=1S/C12H18N2O2/c1-15-9-3-4-12(16-2)10(7-9)11-8-13-5-6-14-11/h3-4,7,11,13-14H,5-6,8H2,1-2H3. The molecule has 1 aromatic carbocycles. The molecule has 0 bridgehead atoms. The van der Waals surface area contributed by atoms with Crippen molar-refractivity contribution in [2.75, 3.05) is 33.9 Å². The molecule has 2 rings (SSSR count). The summed E-state index contributed by atoms with van der Waals surface area (Å²) in [6.45, 7) is 2.91. The van der Waals surface area contributed by atoms with E-state index < -0.39 is 0 Å². The molecule has 16 heavy (non-hydrogen) atoms. The number of rotatable bonds is 3. The first-order valence-electron chi connectivity index (χ1n) is 5.51. The highest BCUT2D eigenvalue weighted by atomic mass is 16.5. The minimum Gasteiger partial charge on any atom is -0.497 e. The van der Waals surface area contributed by atoms with E-state index in [0.29, 0.717) is 6.04 Å². The van der Waals surface area contributed by atoms with Gasteiger partial charge in [0.2, 0.25) is 0 Å². The summed E-state index contributed by atoms with van der Waals surface area (Å²) in [6, 6.07) is 6.19. The molecule has 0 spiro atoms. The van der Waals surface area contributed by atoms with E-state index in [1.54, 1.807) is 14.2 Å². The van der Waals surface area contributed by atoms with Gasteiger partial charge in [-0.3, -0.25) is 0 Å². The Morgan fingerprint density at radius 2 is 2.06 bits per heavy atom. The van der Waals surface area contributed by atoms with E-state index in [4.69, 9.17) is 9.47 Å². The molecule has 1 unspecified atom stereocenters. The smallest absolute Gasteiger partial charge is 0.123 e. The summed E-state index contributed by atoms with van der Waals surface area (Å²) in [6.07, 6.45) is 0. The van der Waals surface area contributed by atoms with Crippen molar-refractivity contribution in [2.24, 2.45) is 0 Å². The minimum absolute atomic E-state index is 0.291. The van der Waals surface area contributed by atoms with Crippen LogP contribution in [-0.4, -0.2) is 33.9 Å². The average Bonchev–Trinajstić information content (AvgIpc) is 2.39. The third-order valence-electron chi connectivity index (χ3n) is 2.85. The van der Waals surface area contributed by atoms with E-state index in [-0.39, 0.29) is 0 Å². The maximum absolute atomic E-state index is 5.37. The molecule has 0 radical (unpaired) electrons. The van der Waals surface area contributed by atoms with Crippen LogP contribution in [0.15, 0.2) is 18.2 Å². The number of nitrogens with one attached hydrogen (secondary N) is 2. The van der Waals surface area contributed by atoms with E-state index in [0.717, 1.165) is 36.7 Å². The summed E-state index contributed by atoms with van der Waals surface area (Å²) in [5, 5.41) is 6.83. The predicted octanol–water partition coefficient (Wildman–Crippen LogP) is 0.938. The first kappa shape index (κ1) is 11.2. The van der Waals surface area contributed by atoms with Crippen LogP contribution >= 0.6 is 0 Å². The second-order valence-electron chi connectivity index (χ2n) is 3.82. The molecule has 1 atom stereocenters. The van der Waals surface area contributed by atoms with Crippen LogP contribution in [0.4, 0.5) is 0 Å². The van der Waals surface area contributed by atoms with Gasteiger partial charge in [0.05, 0.1) is 14.2 Å². The molecule has 0 aliphatic carbocycles.